The van der Waals surface area contributed by atoms with Crippen LogP contribution in [0.3, 0.4) is 0 Å². The van der Waals surface area contributed by atoms with E-state index in [9.17, 15) is 19.2 Å². The molecule has 0 spiro atoms. The number of rotatable bonds is 10. The number of amides is 3. The van der Waals surface area contributed by atoms with Crippen LogP contribution in [0, 0.1) is 0 Å². The van der Waals surface area contributed by atoms with Gasteiger partial charge in [0.2, 0.25) is 5.91 Å². The van der Waals surface area contributed by atoms with Gasteiger partial charge < -0.3 is 19.1 Å². The van der Waals surface area contributed by atoms with Crippen molar-refractivity contribution in [2.45, 2.75) is 19.4 Å². The van der Waals surface area contributed by atoms with E-state index in [0.29, 0.717) is 28.2 Å². The molecule has 1 heterocycles. The third kappa shape index (κ3) is 5.49. The molecule has 0 aliphatic carbocycles. The molecule has 0 saturated heterocycles. The molecule has 2 aromatic carbocycles. The molecule has 0 unspecified atom stereocenters. The first kappa shape index (κ1) is 23.8. The van der Waals surface area contributed by atoms with Crippen molar-refractivity contribution in [1.29, 1.82) is 0 Å². The van der Waals surface area contributed by atoms with Crippen LogP contribution < -0.4 is 9.47 Å². The smallest absolute Gasteiger partial charge is 0.325 e. The van der Waals surface area contributed by atoms with Crippen LogP contribution in [0.2, 0.25) is 0 Å². The zero-order valence-electron chi connectivity index (χ0n) is 18.8. The summed E-state index contributed by atoms with van der Waals surface area (Å²) < 4.78 is 15.3. The Hall–Kier alpha value is -3.88. The van der Waals surface area contributed by atoms with E-state index in [4.69, 9.17) is 14.2 Å². The molecular weight excluding hydrogens is 428 g/mol. The SMILES string of the molecule is COC(=O)CN(Cc1cc(OC)cc(OC)c1)C(=O)CCCN1C(=O)c2ccccc2C1=O. The molecule has 0 bridgehead atoms. The number of carbonyl (C=O) groups is 4. The summed E-state index contributed by atoms with van der Waals surface area (Å²) in [6, 6.07) is 11.8. The van der Waals surface area contributed by atoms with Crippen molar-refractivity contribution in [2.75, 3.05) is 34.4 Å². The maximum Gasteiger partial charge on any atom is 0.325 e. The van der Waals surface area contributed by atoms with Gasteiger partial charge >= 0.3 is 5.97 Å². The molecule has 3 rings (SSSR count). The molecule has 33 heavy (non-hydrogen) atoms. The molecule has 0 fully saturated rings. The summed E-state index contributed by atoms with van der Waals surface area (Å²) in [5.74, 6) is -0.478. The Kier molecular flexibility index (Phi) is 7.66. The second kappa shape index (κ2) is 10.6. The minimum atomic E-state index is -0.557. The van der Waals surface area contributed by atoms with Crippen LogP contribution in [-0.2, 0) is 20.9 Å². The first-order chi connectivity index (χ1) is 15.9. The van der Waals surface area contributed by atoms with Gasteiger partial charge in [0.1, 0.15) is 18.0 Å². The Morgan fingerprint density at radius 3 is 2.00 bits per heavy atom. The fraction of sp³-hybridized carbons (Fsp3) is 0.333. The van der Waals surface area contributed by atoms with Crippen LogP contribution in [0.15, 0.2) is 42.5 Å². The highest BCUT2D eigenvalue weighted by atomic mass is 16.5. The zero-order valence-corrected chi connectivity index (χ0v) is 18.8. The minimum Gasteiger partial charge on any atom is -0.497 e. The highest BCUT2D eigenvalue weighted by Gasteiger charge is 2.34. The zero-order chi connectivity index (χ0) is 24.0. The number of imide groups is 1. The number of carbonyl (C=O) groups excluding carboxylic acids is 4. The Balaban J connectivity index is 1.66. The van der Waals surface area contributed by atoms with Crippen molar-refractivity contribution in [3.63, 3.8) is 0 Å². The van der Waals surface area contributed by atoms with Crippen LogP contribution in [-0.4, -0.2) is 67.9 Å². The third-order valence-electron chi connectivity index (χ3n) is 5.34. The molecule has 0 atom stereocenters. The maximum absolute atomic E-state index is 12.9. The van der Waals surface area contributed by atoms with Gasteiger partial charge in [0.15, 0.2) is 0 Å². The normalized spacial score (nSPS) is 12.4. The monoisotopic (exact) mass is 454 g/mol. The van der Waals surface area contributed by atoms with Crippen molar-refractivity contribution >= 4 is 23.7 Å². The van der Waals surface area contributed by atoms with Gasteiger partial charge in [-0.3, -0.25) is 24.1 Å². The van der Waals surface area contributed by atoms with Gasteiger partial charge in [-0.25, -0.2) is 0 Å². The first-order valence-corrected chi connectivity index (χ1v) is 10.4. The molecule has 174 valence electrons. The average Bonchev–Trinajstić information content (AvgIpc) is 3.08. The predicted molar refractivity (Wildman–Crippen MR) is 118 cm³/mol. The summed E-state index contributed by atoms with van der Waals surface area (Å²) >= 11 is 0. The fourth-order valence-electron chi connectivity index (χ4n) is 3.62. The number of nitrogens with zero attached hydrogens (tertiary/aromatic N) is 2. The standard InChI is InChI=1S/C24H26N2O7/c1-31-17-11-16(12-18(13-17)32-2)14-25(15-22(28)33-3)21(27)9-6-10-26-23(29)19-7-4-5-8-20(19)24(26)30/h4-5,7-8,11-13H,6,9-10,14-15H2,1-3H3. The lowest BCUT2D eigenvalue weighted by Gasteiger charge is -2.23. The largest absolute Gasteiger partial charge is 0.497 e. The van der Waals surface area contributed by atoms with Gasteiger partial charge in [-0.1, -0.05) is 12.1 Å². The summed E-state index contributed by atoms with van der Waals surface area (Å²) in [5.41, 5.74) is 1.45. The second-order valence-electron chi connectivity index (χ2n) is 7.46. The van der Waals surface area contributed by atoms with E-state index in [2.05, 4.69) is 0 Å². The van der Waals surface area contributed by atoms with Crippen LogP contribution in [0.25, 0.3) is 0 Å². The molecule has 0 saturated carbocycles. The van der Waals surface area contributed by atoms with Crippen LogP contribution in [0.4, 0.5) is 0 Å². The van der Waals surface area contributed by atoms with Crippen LogP contribution >= 0.6 is 0 Å². The molecule has 2 aromatic rings. The Morgan fingerprint density at radius 2 is 1.48 bits per heavy atom. The quantitative estimate of drug-likeness (QED) is 0.401. The molecule has 0 aromatic heterocycles. The summed E-state index contributed by atoms with van der Waals surface area (Å²) in [6.45, 7) is 0.00746. The van der Waals surface area contributed by atoms with Crippen molar-refractivity contribution in [1.82, 2.24) is 9.80 Å². The fourth-order valence-corrected chi connectivity index (χ4v) is 3.62. The number of benzene rings is 2. The Labute approximate surface area is 191 Å². The van der Waals surface area contributed by atoms with E-state index in [1.54, 1.807) is 42.5 Å². The number of fused-ring (bicyclic) bond motifs is 1. The second-order valence-corrected chi connectivity index (χ2v) is 7.46. The van der Waals surface area contributed by atoms with Gasteiger partial charge in [0.05, 0.1) is 32.5 Å². The van der Waals surface area contributed by atoms with E-state index in [-0.39, 0.29) is 50.2 Å². The summed E-state index contributed by atoms with van der Waals surface area (Å²) in [6.07, 6.45) is 0.314. The van der Waals surface area contributed by atoms with Gasteiger partial charge in [-0.05, 0) is 36.2 Å². The van der Waals surface area contributed by atoms with Crippen molar-refractivity contribution in [3.05, 3.63) is 59.2 Å². The van der Waals surface area contributed by atoms with E-state index in [1.165, 1.54) is 26.2 Å². The predicted octanol–water partition coefficient (Wildman–Crippen LogP) is 2.28. The molecule has 9 nitrogen and oxygen atoms in total. The average molecular weight is 454 g/mol. The molecule has 0 radical (unpaired) electrons. The van der Waals surface area contributed by atoms with E-state index >= 15 is 0 Å². The molecule has 1 aliphatic rings. The van der Waals surface area contributed by atoms with Gasteiger partial charge in [0, 0.05) is 25.6 Å². The van der Waals surface area contributed by atoms with Crippen LogP contribution in [0.1, 0.15) is 39.1 Å². The van der Waals surface area contributed by atoms with Crippen molar-refractivity contribution in [3.8, 4) is 11.5 Å². The third-order valence-corrected chi connectivity index (χ3v) is 5.34. The summed E-state index contributed by atoms with van der Waals surface area (Å²) in [5, 5.41) is 0. The van der Waals surface area contributed by atoms with Gasteiger partial charge in [0.25, 0.3) is 11.8 Å². The molecule has 0 N–H and O–H groups in total. The highest BCUT2D eigenvalue weighted by molar-refractivity contribution is 6.21. The topological polar surface area (TPSA) is 102 Å². The number of ether oxygens (including phenoxy) is 3. The molecule has 9 heteroatoms. The van der Waals surface area contributed by atoms with E-state index in [1.807, 2.05) is 0 Å². The van der Waals surface area contributed by atoms with Crippen molar-refractivity contribution < 1.29 is 33.4 Å². The first-order valence-electron chi connectivity index (χ1n) is 10.4. The minimum absolute atomic E-state index is 0.0471. The number of esters is 1. The lowest BCUT2D eigenvalue weighted by molar-refractivity contribution is -0.147. The molecular formula is C24H26N2O7. The summed E-state index contributed by atoms with van der Waals surface area (Å²) in [7, 11) is 4.30. The van der Waals surface area contributed by atoms with Crippen molar-refractivity contribution in [2.24, 2.45) is 0 Å². The molecule has 3 amide bonds. The lowest BCUT2D eigenvalue weighted by atomic mass is 10.1. The molecule has 1 aliphatic heterocycles. The van der Waals surface area contributed by atoms with Gasteiger partial charge in [-0.15, -0.1) is 0 Å². The van der Waals surface area contributed by atoms with Gasteiger partial charge in [-0.2, -0.15) is 0 Å². The van der Waals surface area contributed by atoms with E-state index < -0.39 is 5.97 Å². The Bertz CT molecular complexity index is 1010. The number of methoxy groups -OCH3 is 3. The number of hydrogen-bond acceptors (Lipinski definition) is 7. The number of hydrogen-bond donors (Lipinski definition) is 0. The highest BCUT2D eigenvalue weighted by Crippen LogP contribution is 2.25. The van der Waals surface area contributed by atoms with E-state index in [0.717, 1.165) is 4.90 Å². The summed E-state index contributed by atoms with van der Waals surface area (Å²) in [4.78, 5) is 52.3. The maximum atomic E-state index is 12.9. The Morgan fingerprint density at radius 1 is 0.909 bits per heavy atom. The lowest BCUT2D eigenvalue weighted by Crippen LogP contribution is -2.36. The van der Waals surface area contributed by atoms with Crippen LogP contribution in [0.5, 0.6) is 11.5 Å².